The molecule has 1 aromatic heterocycles. The van der Waals surface area contributed by atoms with E-state index in [-0.39, 0.29) is 18.4 Å². The standard InChI is InChI=1S/C49H79FN3O11P/c1-4-6-8-10-12-14-16-18-20-22-24-26-28-30-32-34-44(54)60-37-41(63-45(55)35-33-31-29-27-25-23-21-19-17-15-13-11-9-7-5-2)38-61-65(58,59)62-39-43-46(56)40(3)48(64-43)53-36-42(50)47(51)52-49(53)57/h12-15,18-21,36,41,43,46,48,56H,3-11,16-17,22-35,37-39H2,1-2H3,(H,58,59)(H2,51,52,57)/b14-12-,15-13-,20-18-,21-19-/t41-,43-,46+,48-/m1/s1. The van der Waals surface area contributed by atoms with E-state index >= 15 is 0 Å². The molecular formula is C49H79FN3O11P. The Balaban J connectivity index is 1.80. The van der Waals surface area contributed by atoms with Crippen LogP contribution in [0.15, 0.2) is 71.8 Å². The molecule has 0 bridgehead atoms. The number of nitrogen functional groups attached to an aromatic ring is 1. The summed E-state index contributed by atoms with van der Waals surface area (Å²) >= 11 is 0. The summed E-state index contributed by atoms with van der Waals surface area (Å²) in [6, 6.07) is 0. The summed E-state index contributed by atoms with van der Waals surface area (Å²) in [5.41, 5.74) is 4.33. The summed E-state index contributed by atoms with van der Waals surface area (Å²) < 4.78 is 54.5. The van der Waals surface area contributed by atoms with Crippen LogP contribution in [0.1, 0.15) is 174 Å². The van der Waals surface area contributed by atoms with Gasteiger partial charge in [0.25, 0.3) is 0 Å². The summed E-state index contributed by atoms with van der Waals surface area (Å²) in [7, 11) is -4.88. The smallest absolute Gasteiger partial charge is 0.462 e. The Labute approximate surface area is 387 Å². The van der Waals surface area contributed by atoms with E-state index in [2.05, 4.69) is 74.0 Å². The van der Waals surface area contributed by atoms with Gasteiger partial charge in [-0.05, 0) is 77.0 Å². The fourth-order valence-electron chi connectivity index (χ4n) is 6.88. The minimum Gasteiger partial charge on any atom is -0.462 e. The molecular weight excluding hydrogens is 857 g/mol. The molecule has 0 saturated carbocycles. The largest absolute Gasteiger partial charge is 0.472 e. The van der Waals surface area contributed by atoms with Gasteiger partial charge in [0.15, 0.2) is 24.0 Å². The monoisotopic (exact) mass is 936 g/mol. The van der Waals surface area contributed by atoms with Crippen LogP contribution in [-0.4, -0.2) is 69.6 Å². The number of ether oxygens (including phenoxy) is 3. The fraction of sp³-hybridized carbons (Fsp3) is 0.673. The highest BCUT2D eigenvalue weighted by molar-refractivity contribution is 7.47. The predicted octanol–water partition coefficient (Wildman–Crippen LogP) is 11.0. The van der Waals surface area contributed by atoms with Gasteiger partial charge in [0.2, 0.25) is 0 Å². The lowest BCUT2D eigenvalue weighted by Gasteiger charge is -2.21. The van der Waals surface area contributed by atoms with Gasteiger partial charge in [-0.2, -0.15) is 4.98 Å². The van der Waals surface area contributed by atoms with E-state index in [1.165, 1.54) is 38.5 Å². The zero-order valence-corrected chi connectivity index (χ0v) is 40.1. The summed E-state index contributed by atoms with van der Waals surface area (Å²) in [4.78, 5) is 51.7. The van der Waals surface area contributed by atoms with Crippen LogP contribution in [0.25, 0.3) is 0 Å². The average molecular weight is 936 g/mol. The quantitative estimate of drug-likeness (QED) is 0.0245. The van der Waals surface area contributed by atoms with Crippen molar-refractivity contribution in [3.05, 3.63) is 83.3 Å². The minimum atomic E-state index is -4.88. The molecule has 4 N–H and O–H groups in total. The van der Waals surface area contributed by atoms with Crippen molar-refractivity contribution in [1.29, 1.82) is 0 Å². The van der Waals surface area contributed by atoms with Crippen molar-refractivity contribution in [3.63, 3.8) is 0 Å². The molecule has 2 rings (SSSR count). The molecule has 0 spiro atoms. The molecule has 2 heterocycles. The molecule has 1 fully saturated rings. The third kappa shape index (κ3) is 26.9. The normalized spacial score (nSPS) is 18.1. The highest BCUT2D eigenvalue weighted by Gasteiger charge is 2.41. The lowest BCUT2D eigenvalue weighted by Crippen LogP contribution is -2.30. The third-order valence-electron chi connectivity index (χ3n) is 10.8. The molecule has 0 radical (unpaired) electrons. The van der Waals surface area contributed by atoms with Crippen molar-refractivity contribution in [3.8, 4) is 0 Å². The molecule has 0 aliphatic carbocycles. The van der Waals surface area contributed by atoms with E-state index in [1.54, 1.807) is 0 Å². The summed E-state index contributed by atoms with van der Waals surface area (Å²) in [5.74, 6) is -2.69. The lowest BCUT2D eigenvalue weighted by molar-refractivity contribution is -0.161. The Bertz CT molecular complexity index is 1730. The van der Waals surface area contributed by atoms with Gasteiger partial charge in [-0.25, -0.2) is 13.8 Å². The molecule has 16 heteroatoms. The number of hydrogen-bond acceptors (Lipinski definition) is 12. The van der Waals surface area contributed by atoms with Crippen molar-refractivity contribution in [2.75, 3.05) is 25.6 Å². The van der Waals surface area contributed by atoms with E-state index < -0.39 is 81.4 Å². The average Bonchev–Trinajstić information content (AvgIpc) is 3.56. The summed E-state index contributed by atoms with van der Waals surface area (Å²) in [6.45, 7) is 6.35. The number of carbonyl (C=O) groups is 2. The van der Waals surface area contributed by atoms with Gasteiger partial charge < -0.3 is 29.9 Å². The zero-order valence-electron chi connectivity index (χ0n) is 39.2. The van der Waals surface area contributed by atoms with Gasteiger partial charge in [0.05, 0.1) is 19.4 Å². The maximum absolute atomic E-state index is 14.1. The first kappa shape index (κ1) is 57.4. The van der Waals surface area contributed by atoms with Crippen LogP contribution in [-0.2, 0) is 37.4 Å². The number of nitrogens with two attached hydrogens (primary N) is 1. The molecule has 65 heavy (non-hydrogen) atoms. The first-order valence-electron chi connectivity index (χ1n) is 24.0. The number of halogens is 1. The van der Waals surface area contributed by atoms with Crippen molar-refractivity contribution in [1.82, 2.24) is 9.55 Å². The van der Waals surface area contributed by atoms with E-state index in [0.717, 1.165) is 101 Å². The number of esters is 2. The minimum absolute atomic E-state index is 0.0573. The number of phosphoric ester groups is 1. The SMILES string of the molecule is C=C1[C@H](n2cc(F)c(N)nc2=O)O[C@H](COP(=O)(O)OC[C@@H](COC(=O)CCCCCCC/C=C\C/C=C\CCCCC)OC(=O)CCCCCCC/C=C\C/C=C\CCCCC)[C@H]1O. The van der Waals surface area contributed by atoms with Crippen LogP contribution in [0.5, 0.6) is 0 Å². The van der Waals surface area contributed by atoms with E-state index in [4.69, 9.17) is 29.0 Å². The zero-order chi connectivity index (χ0) is 47.5. The van der Waals surface area contributed by atoms with Crippen molar-refractivity contribution in [2.45, 2.75) is 192 Å². The molecule has 1 aliphatic heterocycles. The van der Waals surface area contributed by atoms with Crippen LogP contribution >= 0.6 is 7.82 Å². The van der Waals surface area contributed by atoms with Crippen molar-refractivity contribution < 1.29 is 51.8 Å². The molecule has 368 valence electrons. The molecule has 5 atom stereocenters. The molecule has 0 aromatic carbocycles. The first-order chi connectivity index (χ1) is 31.4. The molecule has 1 unspecified atom stereocenters. The first-order valence-corrected chi connectivity index (χ1v) is 25.5. The van der Waals surface area contributed by atoms with E-state index in [0.29, 0.717) is 12.8 Å². The maximum Gasteiger partial charge on any atom is 0.472 e. The van der Waals surface area contributed by atoms with Gasteiger partial charge in [-0.15, -0.1) is 0 Å². The number of carbonyl (C=O) groups excluding carboxylic acids is 2. The highest BCUT2D eigenvalue weighted by atomic mass is 31.2. The molecule has 14 nitrogen and oxygen atoms in total. The van der Waals surface area contributed by atoms with Crippen LogP contribution in [0, 0.1) is 5.82 Å². The number of hydrogen-bond donors (Lipinski definition) is 3. The van der Waals surface area contributed by atoms with Crippen molar-refractivity contribution in [2.24, 2.45) is 0 Å². The number of aliphatic hydroxyl groups excluding tert-OH is 1. The van der Waals surface area contributed by atoms with E-state index in [9.17, 15) is 33.3 Å². The maximum atomic E-state index is 14.1. The number of aromatic nitrogens is 2. The molecule has 0 amide bonds. The predicted molar refractivity (Wildman–Crippen MR) is 253 cm³/mol. The van der Waals surface area contributed by atoms with Gasteiger partial charge in [0.1, 0.15) is 18.8 Å². The fourth-order valence-corrected chi connectivity index (χ4v) is 7.64. The van der Waals surface area contributed by atoms with Crippen LogP contribution in [0.4, 0.5) is 10.2 Å². The van der Waals surface area contributed by atoms with Crippen LogP contribution in [0.2, 0.25) is 0 Å². The van der Waals surface area contributed by atoms with Crippen molar-refractivity contribution >= 4 is 25.6 Å². The van der Waals surface area contributed by atoms with Crippen LogP contribution in [0.3, 0.4) is 0 Å². The third-order valence-corrected chi connectivity index (χ3v) is 11.7. The number of aliphatic hydroxyl groups is 1. The second kappa shape index (κ2) is 35.5. The topological polar surface area (TPSA) is 199 Å². The number of rotatable bonds is 38. The Morgan fingerprint density at radius 2 is 1.29 bits per heavy atom. The highest BCUT2D eigenvalue weighted by Crippen LogP contribution is 2.45. The number of allylic oxidation sites excluding steroid dienone is 8. The molecule has 1 saturated heterocycles. The summed E-state index contributed by atoms with van der Waals surface area (Å²) in [5, 5.41) is 10.6. The Morgan fingerprint density at radius 1 is 0.800 bits per heavy atom. The molecule has 1 aromatic rings. The lowest BCUT2D eigenvalue weighted by atomic mass is 10.1. The molecule has 1 aliphatic rings. The summed E-state index contributed by atoms with van der Waals surface area (Å²) in [6.07, 6.45) is 36.2. The van der Waals surface area contributed by atoms with Gasteiger partial charge in [0, 0.05) is 18.4 Å². The van der Waals surface area contributed by atoms with E-state index in [1.807, 2.05) is 0 Å². The number of phosphoric acid groups is 1. The number of unbranched alkanes of at least 4 members (excludes halogenated alkanes) is 16. The van der Waals surface area contributed by atoms with Gasteiger partial charge in [-0.1, -0.05) is 133 Å². The Morgan fingerprint density at radius 3 is 1.83 bits per heavy atom. The second-order valence-corrected chi connectivity index (χ2v) is 18.0. The Kier molecular flexibility index (Phi) is 31.3. The van der Waals surface area contributed by atoms with Crippen LogP contribution < -0.4 is 11.4 Å². The Hall–Kier alpha value is -3.72. The number of anilines is 1. The van der Waals surface area contributed by atoms with Gasteiger partial charge in [-0.3, -0.25) is 23.2 Å². The second-order valence-electron chi connectivity index (χ2n) is 16.5. The van der Waals surface area contributed by atoms with Gasteiger partial charge >= 0.3 is 25.5 Å². The number of nitrogens with zero attached hydrogens (tertiary/aromatic N) is 2.